The summed E-state index contributed by atoms with van der Waals surface area (Å²) in [6.45, 7) is 7.23. The molecule has 0 spiro atoms. The van der Waals surface area contributed by atoms with Crippen LogP contribution in [0.25, 0.3) is 5.65 Å². The van der Waals surface area contributed by atoms with E-state index in [0.717, 1.165) is 10.6 Å². The lowest BCUT2D eigenvalue weighted by Gasteiger charge is -2.10. The minimum atomic E-state index is -0.331. The minimum absolute atomic E-state index is 0.198. The molecule has 0 radical (unpaired) electrons. The molecule has 0 unspecified atom stereocenters. The average molecular weight is 328 g/mol. The molecule has 0 fully saturated rings. The van der Waals surface area contributed by atoms with Gasteiger partial charge in [-0.2, -0.15) is 0 Å². The number of aryl methyl sites for hydroxylation is 4. The fraction of sp³-hybridized carbons (Fsp3) is 0.250. The Bertz CT molecular complexity index is 988. The number of thiazole rings is 1. The van der Waals surface area contributed by atoms with Crippen LogP contribution in [0.1, 0.15) is 31.6 Å². The van der Waals surface area contributed by atoms with Crippen molar-refractivity contribution < 1.29 is 4.79 Å². The zero-order chi connectivity index (χ0) is 16.7. The Labute approximate surface area is 136 Å². The van der Waals surface area contributed by atoms with E-state index >= 15 is 0 Å². The zero-order valence-corrected chi connectivity index (χ0v) is 14.1. The molecule has 0 aliphatic heterocycles. The Morgan fingerprint density at radius 2 is 1.91 bits per heavy atom. The van der Waals surface area contributed by atoms with Crippen LogP contribution < -0.4 is 10.9 Å². The SMILES string of the molecule is Cc1nc(C)c(C(=O)Nc2c(C)nc3c(C)cccn3c2=O)s1. The quantitative estimate of drug-likeness (QED) is 0.784. The van der Waals surface area contributed by atoms with Gasteiger partial charge in [0.1, 0.15) is 16.2 Å². The van der Waals surface area contributed by atoms with Gasteiger partial charge < -0.3 is 5.32 Å². The molecule has 1 N–H and O–H groups in total. The zero-order valence-electron chi connectivity index (χ0n) is 13.3. The molecule has 0 saturated heterocycles. The van der Waals surface area contributed by atoms with Gasteiger partial charge in [0.05, 0.1) is 16.4 Å². The smallest absolute Gasteiger partial charge is 0.281 e. The fourth-order valence-electron chi connectivity index (χ4n) is 2.46. The van der Waals surface area contributed by atoms with Gasteiger partial charge in [0, 0.05) is 6.20 Å². The van der Waals surface area contributed by atoms with E-state index in [0.29, 0.717) is 21.9 Å². The van der Waals surface area contributed by atoms with E-state index < -0.39 is 0 Å². The Morgan fingerprint density at radius 1 is 1.17 bits per heavy atom. The molecule has 3 rings (SSSR count). The summed E-state index contributed by atoms with van der Waals surface area (Å²) >= 11 is 1.31. The molecule has 0 aliphatic carbocycles. The van der Waals surface area contributed by atoms with Crippen LogP contribution >= 0.6 is 11.3 Å². The normalized spacial score (nSPS) is 11.0. The number of anilines is 1. The Balaban J connectivity index is 2.09. The van der Waals surface area contributed by atoms with Crippen molar-refractivity contribution in [3.8, 4) is 0 Å². The lowest BCUT2D eigenvalue weighted by Crippen LogP contribution is -2.25. The summed E-state index contributed by atoms with van der Waals surface area (Å²) in [5, 5.41) is 3.51. The largest absolute Gasteiger partial charge is 0.315 e. The number of nitrogens with one attached hydrogen (secondary N) is 1. The summed E-state index contributed by atoms with van der Waals surface area (Å²) in [5.74, 6) is -0.331. The van der Waals surface area contributed by atoms with Crippen LogP contribution in [0.15, 0.2) is 23.1 Å². The van der Waals surface area contributed by atoms with Crippen molar-refractivity contribution in [2.75, 3.05) is 5.32 Å². The fourth-order valence-corrected chi connectivity index (χ4v) is 3.28. The second-order valence-corrected chi connectivity index (χ2v) is 6.57. The maximum absolute atomic E-state index is 12.7. The van der Waals surface area contributed by atoms with Crippen LogP contribution in [-0.2, 0) is 0 Å². The molecule has 0 aromatic carbocycles. The number of carbonyl (C=O) groups excluding carboxylic acids is 1. The number of nitrogens with zero attached hydrogens (tertiary/aromatic N) is 3. The van der Waals surface area contributed by atoms with Gasteiger partial charge >= 0.3 is 0 Å². The second-order valence-electron chi connectivity index (χ2n) is 5.36. The maximum Gasteiger partial charge on any atom is 0.281 e. The molecule has 3 aromatic heterocycles. The van der Waals surface area contributed by atoms with Crippen molar-refractivity contribution in [2.24, 2.45) is 0 Å². The first kappa shape index (κ1) is 15.4. The highest BCUT2D eigenvalue weighted by molar-refractivity contribution is 7.13. The maximum atomic E-state index is 12.7. The van der Waals surface area contributed by atoms with Gasteiger partial charge in [-0.15, -0.1) is 11.3 Å². The van der Waals surface area contributed by atoms with E-state index in [4.69, 9.17) is 0 Å². The van der Waals surface area contributed by atoms with Crippen molar-refractivity contribution in [1.82, 2.24) is 14.4 Å². The van der Waals surface area contributed by atoms with Gasteiger partial charge in [-0.1, -0.05) is 6.07 Å². The number of pyridine rings is 1. The summed E-state index contributed by atoms with van der Waals surface area (Å²) in [4.78, 5) is 34.3. The first-order valence-corrected chi connectivity index (χ1v) is 7.94. The molecule has 0 aliphatic rings. The highest BCUT2D eigenvalue weighted by Crippen LogP contribution is 2.19. The standard InChI is InChI=1S/C16H16N4O2S/c1-8-6-5-7-20-14(8)18-9(2)12(16(20)22)19-15(21)13-10(3)17-11(4)23-13/h5-7H,1-4H3,(H,19,21). The van der Waals surface area contributed by atoms with E-state index in [9.17, 15) is 9.59 Å². The number of carbonyl (C=O) groups is 1. The summed E-state index contributed by atoms with van der Waals surface area (Å²) < 4.78 is 1.45. The van der Waals surface area contributed by atoms with E-state index in [-0.39, 0.29) is 17.2 Å². The van der Waals surface area contributed by atoms with Crippen LogP contribution in [0, 0.1) is 27.7 Å². The van der Waals surface area contributed by atoms with E-state index in [1.165, 1.54) is 15.7 Å². The molecule has 0 saturated carbocycles. The number of hydrogen-bond donors (Lipinski definition) is 1. The van der Waals surface area contributed by atoms with Crippen LogP contribution in [0.3, 0.4) is 0 Å². The topological polar surface area (TPSA) is 76.4 Å². The number of amides is 1. The van der Waals surface area contributed by atoms with Crippen molar-refractivity contribution >= 4 is 28.6 Å². The van der Waals surface area contributed by atoms with Crippen LogP contribution in [0.4, 0.5) is 5.69 Å². The first-order valence-electron chi connectivity index (χ1n) is 7.12. The van der Waals surface area contributed by atoms with E-state index in [2.05, 4.69) is 15.3 Å². The highest BCUT2D eigenvalue weighted by Gasteiger charge is 2.18. The molecular formula is C16H16N4O2S. The minimum Gasteiger partial charge on any atom is -0.315 e. The summed E-state index contributed by atoms with van der Waals surface area (Å²) in [5.41, 5.74) is 2.56. The summed E-state index contributed by atoms with van der Waals surface area (Å²) in [6.07, 6.45) is 1.65. The van der Waals surface area contributed by atoms with Gasteiger partial charge in [0.15, 0.2) is 0 Å². The van der Waals surface area contributed by atoms with Gasteiger partial charge in [-0.3, -0.25) is 14.0 Å². The van der Waals surface area contributed by atoms with Crippen LogP contribution in [-0.4, -0.2) is 20.3 Å². The molecule has 118 valence electrons. The van der Waals surface area contributed by atoms with Crippen molar-refractivity contribution in [3.63, 3.8) is 0 Å². The second kappa shape index (κ2) is 5.58. The van der Waals surface area contributed by atoms with Crippen molar-refractivity contribution in [3.05, 3.63) is 55.5 Å². The predicted octanol–water partition coefficient (Wildman–Crippen LogP) is 2.64. The molecule has 6 nitrogen and oxygen atoms in total. The third kappa shape index (κ3) is 2.63. The Morgan fingerprint density at radius 3 is 2.57 bits per heavy atom. The lowest BCUT2D eigenvalue weighted by molar-refractivity contribution is 0.102. The van der Waals surface area contributed by atoms with Gasteiger partial charge in [0.25, 0.3) is 11.5 Å². The van der Waals surface area contributed by atoms with Crippen LogP contribution in [0.2, 0.25) is 0 Å². The van der Waals surface area contributed by atoms with Gasteiger partial charge in [0.2, 0.25) is 0 Å². The van der Waals surface area contributed by atoms with Crippen molar-refractivity contribution in [1.29, 1.82) is 0 Å². The molecule has 23 heavy (non-hydrogen) atoms. The third-order valence-corrected chi connectivity index (χ3v) is 4.65. The molecule has 1 amide bonds. The van der Waals surface area contributed by atoms with Crippen LogP contribution in [0.5, 0.6) is 0 Å². The first-order chi connectivity index (χ1) is 10.9. The highest BCUT2D eigenvalue weighted by atomic mass is 32.1. The average Bonchev–Trinajstić information content (AvgIpc) is 2.83. The molecule has 0 bridgehead atoms. The van der Waals surface area contributed by atoms with E-state index in [1.54, 1.807) is 26.1 Å². The van der Waals surface area contributed by atoms with Gasteiger partial charge in [-0.25, -0.2) is 9.97 Å². The summed E-state index contributed by atoms with van der Waals surface area (Å²) in [6, 6.07) is 3.67. The number of aromatic nitrogens is 3. The lowest BCUT2D eigenvalue weighted by atomic mass is 10.2. The number of rotatable bonds is 2. The van der Waals surface area contributed by atoms with E-state index in [1.807, 2.05) is 19.9 Å². The molecular weight excluding hydrogens is 312 g/mol. The van der Waals surface area contributed by atoms with Crippen molar-refractivity contribution in [2.45, 2.75) is 27.7 Å². The predicted molar refractivity (Wildman–Crippen MR) is 90.5 cm³/mol. The molecule has 7 heteroatoms. The van der Waals surface area contributed by atoms with Gasteiger partial charge in [-0.05, 0) is 39.3 Å². The summed E-state index contributed by atoms with van der Waals surface area (Å²) in [7, 11) is 0. The number of fused-ring (bicyclic) bond motifs is 1. The third-order valence-electron chi connectivity index (χ3n) is 3.58. The number of hydrogen-bond acceptors (Lipinski definition) is 5. The Kier molecular flexibility index (Phi) is 3.73. The molecule has 3 heterocycles. The Hall–Kier alpha value is -2.54. The monoisotopic (exact) mass is 328 g/mol. The molecule has 3 aromatic rings. The molecule has 0 atom stereocenters.